The number of carbonyl (C=O) groups is 1. The predicted octanol–water partition coefficient (Wildman–Crippen LogP) is 3.14. The highest BCUT2D eigenvalue weighted by atomic mass is 32.1. The summed E-state index contributed by atoms with van der Waals surface area (Å²) in [4.78, 5) is 27.1. The molecule has 22 heavy (non-hydrogen) atoms. The maximum atomic E-state index is 12.4. The first kappa shape index (κ1) is 14.5. The van der Waals surface area contributed by atoms with Gasteiger partial charge in [-0.3, -0.25) is 9.59 Å². The summed E-state index contributed by atoms with van der Waals surface area (Å²) >= 11 is 1.54. The Hall–Kier alpha value is -2.40. The van der Waals surface area contributed by atoms with E-state index in [1.54, 1.807) is 11.3 Å². The molecule has 0 aliphatic heterocycles. The number of aromatic amines is 1. The van der Waals surface area contributed by atoms with Gasteiger partial charge >= 0.3 is 0 Å². The van der Waals surface area contributed by atoms with Crippen LogP contribution < -0.4 is 10.9 Å². The Kier molecular flexibility index (Phi) is 3.81. The van der Waals surface area contributed by atoms with Crippen LogP contribution in [0.3, 0.4) is 0 Å². The molecule has 2 heterocycles. The van der Waals surface area contributed by atoms with E-state index in [9.17, 15) is 9.59 Å². The Morgan fingerprint density at radius 2 is 2.05 bits per heavy atom. The lowest BCUT2D eigenvalue weighted by Crippen LogP contribution is -2.27. The molecule has 4 nitrogen and oxygen atoms in total. The Balaban J connectivity index is 1.83. The molecular formula is C17H16N2O2S. The van der Waals surface area contributed by atoms with Gasteiger partial charge in [-0.05, 0) is 31.5 Å². The van der Waals surface area contributed by atoms with Crippen LogP contribution in [0.25, 0.3) is 10.1 Å². The molecule has 1 aromatic carbocycles. The van der Waals surface area contributed by atoms with Gasteiger partial charge in [-0.1, -0.05) is 18.2 Å². The van der Waals surface area contributed by atoms with Crippen molar-refractivity contribution in [2.24, 2.45) is 0 Å². The number of hydrogen-bond donors (Lipinski definition) is 2. The molecule has 1 amide bonds. The van der Waals surface area contributed by atoms with Crippen molar-refractivity contribution in [3.8, 4) is 0 Å². The fourth-order valence-electron chi connectivity index (χ4n) is 2.52. The summed E-state index contributed by atoms with van der Waals surface area (Å²) < 4.78 is 1.08. The molecule has 2 aromatic heterocycles. The SMILES string of the molecule is Cc1cc(C)c(CNC(=O)c2csc3ccccc23)c(=O)[nH]1. The summed E-state index contributed by atoms with van der Waals surface area (Å²) in [7, 11) is 0. The normalized spacial score (nSPS) is 10.8. The number of benzene rings is 1. The topological polar surface area (TPSA) is 62.0 Å². The average Bonchev–Trinajstić information content (AvgIpc) is 2.90. The van der Waals surface area contributed by atoms with Gasteiger partial charge in [0, 0.05) is 33.3 Å². The highest BCUT2D eigenvalue weighted by Crippen LogP contribution is 2.25. The lowest BCUT2D eigenvalue weighted by atomic mass is 10.1. The van der Waals surface area contributed by atoms with E-state index in [4.69, 9.17) is 0 Å². The summed E-state index contributed by atoms with van der Waals surface area (Å²) in [5.74, 6) is -0.156. The van der Waals surface area contributed by atoms with Crippen LogP contribution in [-0.4, -0.2) is 10.9 Å². The molecule has 0 aliphatic rings. The number of aryl methyl sites for hydroxylation is 2. The second kappa shape index (κ2) is 5.77. The molecule has 3 aromatic rings. The van der Waals surface area contributed by atoms with Gasteiger partial charge < -0.3 is 10.3 Å². The van der Waals surface area contributed by atoms with Gasteiger partial charge in [-0.2, -0.15) is 0 Å². The Labute approximate surface area is 131 Å². The summed E-state index contributed by atoms with van der Waals surface area (Å²) in [5, 5.41) is 5.64. The van der Waals surface area contributed by atoms with Gasteiger partial charge in [0.2, 0.25) is 0 Å². The monoisotopic (exact) mass is 312 g/mol. The third-order valence-corrected chi connectivity index (χ3v) is 4.61. The van der Waals surface area contributed by atoms with Crippen molar-refractivity contribution in [1.82, 2.24) is 10.3 Å². The number of carbonyl (C=O) groups excluding carboxylic acids is 1. The number of aromatic nitrogens is 1. The molecule has 0 fully saturated rings. The standard InChI is InChI=1S/C17H16N2O2S/c1-10-7-11(2)19-17(21)13(10)8-18-16(20)14-9-22-15-6-4-3-5-12(14)15/h3-7,9H,8H2,1-2H3,(H,18,20)(H,19,21). The van der Waals surface area contributed by atoms with Crippen LogP contribution in [0, 0.1) is 13.8 Å². The number of thiophene rings is 1. The lowest BCUT2D eigenvalue weighted by Gasteiger charge is -2.08. The van der Waals surface area contributed by atoms with Gasteiger partial charge in [-0.25, -0.2) is 0 Å². The van der Waals surface area contributed by atoms with Crippen molar-refractivity contribution < 1.29 is 4.79 Å². The molecule has 0 atom stereocenters. The first-order chi connectivity index (χ1) is 10.6. The fourth-order valence-corrected chi connectivity index (χ4v) is 3.46. The van der Waals surface area contributed by atoms with E-state index in [1.807, 2.05) is 49.6 Å². The summed E-state index contributed by atoms with van der Waals surface area (Å²) in [6.45, 7) is 3.95. The third kappa shape index (κ3) is 2.67. The molecular weight excluding hydrogens is 296 g/mol. The molecule has 0 bridgehead atoms. The molecule has 0 spiro atoms. The van der Waals surface area contributed by atoms with E-state index in [2.05, 4.69) is 10.3 Å². The van der Waals surface area contributed by atoms with Crippen LogP contribution in [0.5, 0.6) is 0 Å². The van der Waals surface area contributed by atoms with Gasteiger partial charge in [0.25, 0.3) is 11.5 Å². The smallest absolute Gasteiger partial charge is 0.253 e. The fraction of sp³-hybridized carbons (Fsp3) is 0.176. The molecule has 0 saturated heterocycles. The molecule has 0 radical (unpaired) electrons. The molecule has 5 heteroatoms. The number of rotatable bonds is 3. The maximum absolute atomic E-state index is 12.4. The van der Waals surface area contributed by atoms with E-state index >= 15 is 0 Å². The van der Waals surface area contributed by atoms with Gasteiger partial charge in [-0.15, -0.1) is 11.3 Å². The van der Waals surface area contributed by atoms with Gasteiger partial charge in [0.15, 0.2) is 0 Å². The molecule has 112 valence electrons. The highest BCUT2D eigenvalue weighted by molar-refractivity contribution is 7.17. The minimum Gasteiger partial charge on any atom is -0.348 e. The van der Waals surface area contributed by atoms with Crippen LogP contribution >= 0.6 is 11.3 Å². The van der Waals surface area contributed by atoms with E-state index in [0.29, 0.717) is 11.1 Å². The third-order valence-electron chi connectivity index (χ3n) is 3.65. The summed E-state index contributed by atoms with van der Waals surface area (Å²) in [5.41, 5.74) is 2.81. The quantitative estimate of drug-likeness (QED) is 0.780. The van der Waals surface area contributed by atoms with Crippen molar-refractivity contribution in [1.29, 1.82) is 0 Å². The number of hydrogen-bond acceptors (Lipinski definition) is 3. The zero-order valence-corrected chi connectivity index (χ0v) is 13.2. The maximum Gasteiger partial charge on any atom is 0.253 e. The van der Waals surface area contributed by atoms with E-state index in [1.165, 1.54) is 0 Å². The van der Waals surface area contributed by atoms with E-state index in [0.717, 1.165) is 21.3 Å². The number of pyridine rings is 1. The van der Waals surface area contributed by atoms with Crippen molar-refractivity contribution >= 4 is 27.3 Å². The van der Waals surface area contributed by atoms with Gasteiger partial charge in [0.1, 0.15) is 0 Å². The predicted molar refractivity (Wildman–Crippen MR) is 89.5 cm³/mol. The molecule has 0 aliphatic carbocycles. The van der Waals surface area contributed by atoms with Gasteiger partial charge in [0.05, 0.1) is 5.56 Å². The lowest BCUT2D eigenvalue weighted by molar-refractivity contribution is 0.0953. The first-order valence-electron chi connectivity index (χ1n) is 7.00. The second-order valence-corrected chi connectivity index (χ2v) is 6.18. The summed E-state index contributed by atoms with van der Waals surface area (Å²) in [6.07, 6.45) is 0. The van der Waals surface area contributed by atoms with Crippen molar-refractivity contribution in [2.75, 3.05) is 0 Å². The highest BCUT2D eigenvalue weighted by Gasteiger charge is 2.13. The van der Waals surface area contributed by atoms with E-state index in [-0.39, 0.29) is 18.0 Å². The van der Waals surface area contributed by atoms with Crippen LogP contribution in [-0.2, 0) is 6.54 Å². The van der Waals surface area contributed by atoms with Crippen LogP contribution in [0.1, 0.15) is 27.2 Å². The average molecular weight is 312 g/mol. The summed E-state index contributed by atoms with van der Waals surface area (Å²) in [6, 6.07) is 9.70. The Morgan fingerprint density at radius 1 is 1.27 bits per heavy atom. The minimum absolute atomic E-state index is 0.145. The van der Waals surface area contributed by atoms with Crippen molar-refractivity contribution in [3.63, 3.8) is 0 Å². The van der Waals surface area contributed by atoms with Crippen LogP contribution in [0.2, 0.25) is 0 Å². The van der Waals surface area contributed by atoms with Crippen LogP contribution in [0.4, 0.5) is 0 Å². The number of fused-ring (bicyclic) bond motifs is 1. The molecule has 0 saturated carbocycles. The Bertz CT molecular complexity index is 908. The number of nitrogens with one attached hydrogen (secondary N) is 2. The molecule has 2 N–H and O–H groups in total. The first-order valence-corrected chi connectivity index (χ1v) is 7.88. The zero-order valence-electron chi connectivity index (χ0n) is 12.4. The Morgan fingerprint density at radius 3 is 2.82 bits per heavy atom. The molecule has 0 unspecified atom stereocenters. The van der Waals surface area contributed by atoms with Crippen LogP contribution in [0.15, 0.2) is 40.5 Å². The number of H-pyrrole nitrogens is 1. The second-order valence-electron chi connectivity index (χ2n) is 5.27. The zero-order chi connectivity index (χ0) is 15.7. The minimum atomic E-state index is -0.156. The number of amides is 1. The largest absolute Gasteiger partial charge is 0.348 e. The van der Waals surface area contributed by atoms with Crippen molar-refractivity contribution in [3.05, 3.63) is 68.4 Å². The van der Waals surface area contributed by atoms with Crippen molar-refractivity contribution in [2.45, 2.75) is 20.4 Å². The molecule has 3 rings (SSSR count). The van der Waals surface area contributed by atoms with E-state index < -0.39 is 0 Å².